The van der Waals surface area contributed by atoms with E-state index >= 15 is 0 Å². The average molecular weight is 497 g/mol. The van der Waals surface area contributed by atoms with Gasteiger partial charge in [-0.3, -0.25) is 0 Å². The summed E-state index contributed by atoms with van der Waals surface area (Å²) in [5.74, 6) is 1.53. The number of hydrogen-bond acceptors (Lipinski definition) is 4. The van der Waals surface area contributed by atoms with E-state index in [0.29, 0.717) is 11.4 Å². The second-order valence-electron chi connectivity index (χ2n) is 10.2. The summed E-state index contributed by atoms with van der Waals surface area (Å²) in [4.78, 5) is 0. The van der Waals surface area contributed by atoms with Crippen LogP contribution in [0.15, 0.2) is 36.4 Å². The standard InChI is InChI=1S/C32H52N2O2/c1-3-5-7-9-11-13-15-17-23-35-31-21-19-27(25-29(31)33)28-20-22-32(30(34)26-28)36-24-18-16-14-12-10-8-6-4-2/h19-22,25-26H,3-18,23-24,33-34H2,1-2H3. The van der Waals surface area contributed by atoms with Crippen molar-refractivity contribution in [2.75, 3.05) is 24.7 Å². The molecule has 2 aromatic carbocycles. The Morgan fingerprint density at radius 3 is 1.14 bits per heavy atom. The van der Waals surface area contributed by atoms with E-state index in [1.165, 1.54) is 89.9 Å². The molecule has 2 aromatic rings. The van der Waals surface area contributed by atoms with Gasteiger partial charge in [-0.1, -0.05) is 116 Å². The molecule has 0 heterocycles. The lowest BCUT2D eigenvalue weighted by Crippen LogP contribution is -2.01. The van der Waals surface area contributed by atoms with Gasteiger partial charge in [-0.25, -0.2) is 0 Å². The monoisotopic (exact) mass is 496 g/mol. The Hall–Kier alpha value is -2.36. The third-order valence-corrected chi connectivity index (χ3v) is 6.86. The van der Waals surface area contributed by atoms with Crippen molar-refractivity contribution in [3.8, 4) is 22.6 Å². The Kier molecular flexibility index (Phi) is 15.6. The molecule has 2 rings (SSSR count). The van der Waals surface area contributed by atoms with Gasteiger partial charge in [-0.05, 0) is 48.2 Å². The Morgan fingerprint density at radius 2 is 0.806 bits per heavy atom. The number of unbranched alkanes of at least 4 members (excludes halogenated alkanes) is 14. The van der Waals surface area contributed by atoms with E-state index in [1.807, 2.05) is 24.3 Å². The van der Waals surface area contributed by atoms with Gasteiger partial charge in [0.05, 0.1) is 24.6 Å². The predicted octanol–water partition coefficient (Wildman–Crippen LogP) is 9.56. The van der Waals surface area contributed by atoms with E-state index in [0.717, 1.165) is 48.7 Å². The summed E-state index contributed by atoms with van der Waals surface area (Å²) >= 11 is 0. The van der Waals surface area contributed by atoms with E-state index in [4.69, 9.17) is 20.9 Å². The predicted molar refractivity (Wildman–Crippen MR) is 157 cm³/mol. The highest BCUT2D eigenvalue weighted by atomic mass is 16.5. The first-order chi connectivity index (χ1) is 17.7. The lowest BCUT2D eigenvalue weighted by Gasteiger charge is -2.13. The molecule has 0 aliphatic carbocycles. The molecule has 202 valence electrons. The van der Waals surface area contributed by atoms with Gasteiger partial charge in [0, 0.05) is 0 Å². The van der Waals surface area contributed by atoms with E-state index < -0.39 is 0 Å². The zero-order valence-electron chi connectivity index (χ0n) is 23.2. The number of rotatable bonds is 21. The van der Waals surface area contributed by atoms with Crippen molar-refractivity contribution >= 4 is 11.4 Å². The van der Waals surface area contributed by atoms with E-state index in [1.54, 1.807) is 0 Å². The lowest BCUT2D eigenvalue weighted by atomic mass is 10.0. The maximum Gasteiger partial charge on any atom is 0.142 e. The minimum Gasteiger partial charge on any atom is -0.491 e. The fourth-order valence-corrected chi connectivity index (χ4v) is 4.56. The summed E-state index contributed by atoms with van der Waals surface area (Å²) in [6.45, 7) is 5.96. The van der Waals surface area contributed by atoms with Gasteiger partial charge >= 0.3 is 0 Å². The first-order valence-corrected chi connectivity index (χ1v) is 14.7. The Balaban J connectivity index is 1.70. The minimum atomic E-state index is 0.667. The van der Waals surface area contributed by atoms with Gasteiger partial charge in [0.2, 0.25) is 0 Å². The molecular weight excluding hydrogens is 444 g/mol. The second kappa shape index (κ2) is 18.8. The molecule has 36 heavy (non-hydrogen) atoms. The first kappa shape index (κ1) is 29.9. The molecule has 0 bridgehead atoms. The molecule has 0 saturated heterocycles. The van der Waals surface area contributed by atoms with Crippen LogP contribution in [0.3, 0.4) is 0 Å². The van der Waals surface area contributed by atoms with Crippen LogP contribution in [0.2, 0.25) is 0 Å². The molecule has 4 heteroatoms. The van der Waals surface area contributed by atoms with Crippen molar-refractivity contribution in [3.63, 3.8) is 0 Å². The van der Waals surface area contributed by atoms with Crippen molar-refractivity contribution < 1.29 is 9.47 Å². The topological polar surface area (TPSA) is 70.5 Å². The quantitative estimate of drug-likeness (QED) is 0.133. The van der Waals surface area contributed by atoms with Crippen molar-refractivity contribution in [2.24, 2.45) is 0 Å². The van der Waals surface area contributed by atoms with Crippen LogP contribution in [-0.2, 0) is 0 Å². The molecule has 0 radical (unpaired) electrons. The molecular formula is C32H52N2O2. The molecule has 0 spiro atoms. The molecule has 0 fully saturated rings. The van der Waals surface area contributed by atoms with Gasteiger partial charge in [-0.15, -0.1) is 0 Å². The molecule has 0 aliphatic heterocycles. The van der Waals surface area contributed by atoms with Crippen LogP contribution in [-0.4, -0.2) is 13.2 Å². The SMILES string of the molecule is CCCCCCCCCCOc1ccc(-c2ccc(OCCCCCCCCCC)c(N)c2)cc1N. The largest absolute Gasteiger partial charge is 0.491 e. The Labute approximate surface area is 221 Å². The summed E-state index contributed by atoms with van der Waals surface area (Å²) in [6.07, 6.45) is 20.7. The van der Waals surface area contributed by atoms with Crippen LogP contribution < -0.4 is 20.9 Å². The highest BCUT2D eigenvalue weighted by molar-refractivity contribution is 5.74. The average Bonchev–Trinajstić information content (AvgIpc) is 2.88. The lowest BCUT2D eigenvalue weighted by molar-refractivity contribution is 0.305. The number of hydrogen-bond donors (Lipinski definition) is 2. The summed E-state index contributed by atoms with van der Waals surface area (Å²) < 4.78 is 11.9. The Bertz CT molecular complexity index is 767. The van der Waals surface area contributed by atoms with Gasteiger partial charge in [0.25, 0.3) is 0 Å². The summed E-state index contributed by atoms with van der Waals surface area (Å²) in [6, 6.07) is 12.0. The smallest absolute Gasteiger partial charge is 0.142 e. The van der Waals surface area contributed by atoms with Crippen LogP contribution in [0, 0.1) is 0 Å². The van der Waals surface area contributed by atoms with Crippen LogP contribution in [0.5, 0.6) is 11.5 Å². The number of nitrogen functional groups attached to an aromatic ring is 2. The second-order valence-corrected chi connectivity index (χ2v) is 10.2. The molecule has 0 aliphatic rings. The molecule has 4 nitrogen and oxygen atoms in total. The number of nitrogens with two attached hydrogens (primary N) is 2. The molecule has 4 N–H and O–H groups in total. The fraction of sp³-hybridized carbons (Fsp3) is 0.625. The maximum absolute atomic E-state index is 6.29. The Morgan fingerprint density at radius 1 is 0.472 bits per heavy atom. The third kappa shape index (κ3) is 12.1. The van der Waals surface area contributed by atoms with Crippen molar-refractivity contribution in [3.05, 3.63) is 36.4 Å². The van der Waals surface area contributed by atoms with Gasteiger partial charge in [0.1, 0.15) is 11.5 Å². The highest BCUT2D eigenvalue weighted by Gasteiger charge is 2.08. The zero-order chi connectivity index (χ0) is 25.8. The normalized spacial score (nSPS) is 11.1. The van der Waals surface area contributed by atoms with Crippen LogP contribution >= 0.6 is 0 Å². The summed E-state index contributed by atoms with van der Waals surface area (Å²) in [7, 11) is 0. The third-order valence-electron chi connectivity index (χ3n) is 6.86. The maximum atomic E-state index is 6.29. The molecule has 0 atom stereocenters. The van der Waals surface area contributed by atoms with Crippen molar-refractivity contribution in [2.45, 2.75) is 117 Å². The number of benzene rings is 2. The fourth-order valence-electron chi connectivity index (χ4n) is 4.56. The van der Waals surface area contributed by atoms with E-state index in [2.05, 4.69) is 26.0 Å². The minimum absolute atomic E-state index is 0.667. The van der Waals surface area contributed by atoms with Crippen molar-refractivity contribution in [1.82, 2.24) is 0 Å². The molecule has 0 saturated carbocycles. The van der Waals surface area contributed by atoms with E-state index in [-0.39, 0.29) is 0 Å². The van der Waals surface area contributed by atoms with Gasteiger partial charge in [0.15, 0.2) is 0 Å². The molecule has 0 unspecified atom stereocenters. The number of ether oxygens (including phenoxy) is 2. The summed E-state index contributed by atoms with van der Waals surface area (Å²) in [5, 5.41) is 0. The van der Waals surface area contributed by atoms with Crippen LogP contribution in [0.1, 0.15) is 117 Å². The van der Waals surface area contributed by atoms with Crippen LogP contribution in [0.4, 0.5) is 11.4 Å². The van der Waals surface area contributed by atoms with Crippen molar-refractivity contribution in [1.29, 1.82) is 0 Å². The summed E-state index contributed by atoms with van der Waals surface area (Å²) in [5.41, 5.74) is 16.0. The van der Waals surface area contributed by atoms with Crippen LogP contribution in [0.25, 0.3) is 11.1 Å². The number of anilines is 2. The van der Waals surface area contributed by atoms with Gasteiger partial charge < -0.3 is 20.9 Å². The van der Waals surface area contributed by atoms with Gasteiger partial charge in [-0.2, -0.15) is 0 Å². The highest BCUT2D eigenvalue weighted by Crippen LogP contribution is 2.32. The zero-order valence-corrected chi connectivity index (χ0v) is 23.2. The molecule has 0 aromatic heterocycles. The molecule has 0 amide bonds. The first-order valence-electron chi connectivity index (χ1n) is 14.7. The van der Waals surface area contributed by atoms with E-state index in [9.17, 15) is 0 Å².